The van der Waals surface area contributed by atoms with Crippen molar-refractivity contribution in [2.24, 2.45) is 0 Å². The Hall–Kier alpha value is -2.10. The van der Waals surface area contributed by atoms with Gasteiger partial charge in [-0.25, -0.2) is 4.98 Å². The molecule has 0 radical (unpaired) electrons. The molecule has 3 rings (SSSR count). The van der Waals surface area contributed by atoms with Crippen LogP contribution in [0.15, 0.2) is 18.2 Å². The van der Waals surface area contributed by atoms with Crippen molar-refractivity contribution in [2.75, 3.05) is 44.7 Å². The molecule has 1 aliphatic rings. The molecule has 6 heteroatoms. The van der Waals surface area contributed by atoms with E-state index in [2.05, 4.69) is 26.3 Å². The number of hydrogen-bond acceptors (Lipinski definition) is 5. The number of H-pyrrole nitrogens is 1. The summed E-state index contributed by atoms with van der Waals surface area (Å²) in [5, 5.41) is 12.4. The van der Waals surface area contributed by atoms with Crippen molar-refractivity contribution in [1.29, 1.82) is 5.26 Å². The minimum absolute atomic E-state index is 0.602. The van der Waals surface area contributed by atoms with Crippen LogP contribution in [0.25, 0.3) is 11.0 Å². The molecule has 1 saturated heterocycles. The molecule has 110 valence electrons. The van der Waals surface area contributed by atoms with E-state index < -0.39 is 0 Å². The lowest BCUT2D eigenvalue weighted by atomic mass is 10.2. The van der Waals surface area contributed by atoms with Crippen molar-refractivity contribution in [3.8, 4) is 6.07 Å². The Morgan fingerprint density at radius 1 is 1.38 bits per heavy atom. The van der Waals surface area contributed by atoms with Gasteiger partial charge in [0.15, 0.2) is 0 Å². The molecule has 1 aromatic heterocycles. The molecule has 21 heavy (non-hydrogen) atoms. The Balaban J connectivity index is 1.52. The standard InChI is InChI=1S/C15H19N5O/c16-11-12-3-1-4-13-14(12)19-15(18-13)17-5-2-6-20-7-9-21-10-8-20/h1,3-4H,2,5-10H2,(H2,17,18,19). The highest BCUT2D eigenvalue weighted by atomic mass is 16.5. The van der Waals surface area contributed by atoms with Crippen LogP contribution in [0.3, 0.4) is 0 Å². The van der Waals surface area contributed by atoms with E-state index in [0.717, 1.165) is 62.8 Å². The van der Waals surface area contributed by atoms with Crippen molar-refractivity contribution in [3.05, 3.63) is 23.8 Å². The lowest BCUT2D eigenvalue weighted by molar-refractivity contribution is 0.0378. The number of fused-ring (bicyclic) bond motifs is 1. The lowest BCUT2D eigenvalue weighted by Gasteiger charge is -2.26. The van der Waals surface area contributed by atoms with Crippen LogP contribution in [0.4, 0.5) is 5.95 Å². The number of nitriles is 1. The highest BCUT2D eigenvalue weighted by Crippen LogP contribution is 2.17. The molecule has 0 aliphatic carbocycles. The molecule has 2 N–H and O–H groups in total. The van der Waals surface area contributed by atoms with Gasteiger partial charge in [-0.3, -0.25) is 4.90 Å². The van der Waals surface area contributed by atoms with Gasteiger partial charge >= 0.3 is 0 Å². The predicted molar refractivity (Wildman–Crippen MR) is 81.2 cm³/mol. The number of benzene rings is 1. The quantitative estimate of drug-likeness (QED) is 0.815. The van der Waals surface area contributed by atoms with E-state index >= 15 is 0 Å². The van der Waals surface area contributed by atoms with Crippen LogP contribution in [0.5, 0.6) is 0 Å². The molecule has 1 aromatic carbocycles. The van der Waals surface area contributed by atoms with E-state index in [1.54, 1.807) is 6.07 Å². The van der Waals surface area contributed by atoms with E-state index in [9.17, 15) is 0 Å². The molecule has 1 fully saturated rings. The normalized spacial score (nSPS) is 16.0. The Labute approximate surface area is 123 Å². The maximum absolute atomic E-state index is 9.06. The SMILES string of the molecule is N#Cc1cccc2[nH]c(NCCCN3CCOCC3)nc12. The van der Waals surface area contributed by atoms with Crippen LogP contribution >= 0.6 is 0 Å². The fraction of sp³-hybridized carbons (Fsp3) is 0.467. The number of ether oxygens (including phenoxy) is 1. The first-order valence-electron chi connectivity index (χ1n) is 7.29. The number of rotatable bonds is 5. The van der Waals surface area contributed by atoms with Gasteiger partial charge in [-0.15, -0.1) is 0 Å². The van der Waals surface area contributed by atoms with Crippen LogP contribution in [0, 0.1) is 11.3 Å². The zero-order valence-electron chi connectivity index (χ0n) is 11.9. The molecule has 0 saturated carbocycles. The smallest absolute Gasteiger partial charge is 0.201 e. The fourth-order valence-electron chi connectivity index (χ4n) is 2.54. The summed E-state index contributed by atoms with van der Waals surface area (Å²) in [6.45, 7) is 5.66. The molecule has 0 amide bonds. The van der Waals surface area contributed by atoms with Crippen LogP contribution < -0.4 is 5.32 Å². The van der Waals surface area contributed by atoms with Gasteiger partial charge in [-0.1, -0.05) is 6.07 Å². The summed E-state index contributed by atoms with van der Waals surface area (Å²) in [4.78, 5) is 10.1. The van der Waals surface area contributed by atoms with E-state index in [1.807, 2.05) is 12.1 Å². The van der Waals surface area contributed by atoms with Crippen LogP contribution in [-0.2, 0) is 4.74 Å². The zero-order chi connectivity index (χ0) is 14.5. The minimum atomic E-state index is 0.602. The number of anilines is 1. The number of nitrogens with one attached hydrogen (secondary N) is 2. The molecular weight excluding hydrogens is 266 g/mol. The van der Waals surface area contributed by atoms with Crippen molar-refractivity contribution in [2.45, 2.75) is 6.42 Å². The molecule has 1 aliphatic heterocycles. The monoisotopic (exact) mass is 285 g/mol. The van der Waals surface area contributed by atoms with Crippen LogP contribution in [0.2, 0.25) is 0 Å². The van der Waals surface area contributed by atoms with E-state index in [4.69, 9.17) is 10.00 Å². The third-order valence-electron chi connectivity index (χ3n) is 3.68. The largest absolute Gasteiger partial charge is 0.379 e. The number of imidazole rings is 1. The summed E-state index contributed by atoms with van der Waals surface area (Å²) in [5.74, 6) is 0.731. The Kier molecular flexibility index (Phi) is 4.34. The van der Waals surface area contributed by atoms with Crippen molar-refractivity contribution in [1.82, 2.24) is 14.9 Å². The second-order valence-corrected chi connectivity index (χ2v) is 5.13. The Morgan fingerprint density at radius 2 is 2.24 bits per heavy atom. The number of aromatic amines is 1. The molecule has 2 aromatic rings. The van der Waals surface area contributed by atoms with Gasteiger partial charge in [-0.05, 0) is 25.1 Å². The third kappa shape index (κ3) is 3.32. The highest BCUT2D eigenvalue weighted by molar-refractivity contribution is 5.83. The van der Waals surface area contributed by atoms with E-state index in [-0.39, 0.29) is 0 Å². The number of morpholine rings is 1. The first-order chi connectivity index (χ1) is 10.4. The van der Waals surface area contributed by atoms with Crippen molar-refractivity contribution in [3.63, 3.8) is 0 Å². The van der Waals surface area contributed by atoms with Gasteiger partial charge in [0, 0.05) is 19.6 Å². The van der Waals surface area contributed by atoms with E-state index in [0.29, 0.717) is 5.56 Å². The summed E-state index contributed by atoms with van der Waals surface area (Å²) < 4.78 is 5.33. The van der Waals surface area contributed by atoms with Gasteiger partial charge in [0.2, 0.25) is 5.95 Å². The zero-order valence-corrected chi connectivity index (χ0v) is 11.9. The van der Waals surface area contributed by atoms with Gasteiger partial charge in [0.1, 0.15) is 11.6 Å². The third-order valence-corrected chi connectivity index (χ3v) is 3.68. The second kappa shape index (κ2) is 6.57. The van der Waals surface area contributed by atoms with Crippen molar-refractivity contribution >= 4 is 17.0 Å². The first kappa shape index (κ1) is 13.9. The average molecular weight is 285 g/mol. The first-order valence-corrected chi connectivity index (χ1v) is 7.29. The number of para-hydroxylation sites is 1. The molecule has 0 spiro atoms. The number of aromatic nitrogens is 2. The maximum Gasteiger partial charge on any atom is 0.201 e. The summed E-state index contributed by atoms with van der Waals surface area (Å²) in [6, 6.07) is 7.74. The van der Waals surface area contributed by atoms with E-state index in [1.165, 1.54) is 0 Å². The number of nitrogens with zero attached hydrogens (tertiary/aromatic N) is 3. The van der Waals surface area contributed by atoms with Crippen LogP contribution in [-0.4, -0.2) is 54.3 Å². The fourth-order valence-corrected chi connectivity index (χ4v) is 2.54. The highest BCUT2D eigenvalue weighted by Gasteiger charge is 2.10. The molecular formula is C15H19N5O. The Bertz CT molecular complexity index is 639. The van der Waals surface area contributed by atoms with Gasteiger partial charge in [0.25, 0.3) is 0 Å². The second-order valence-electron chi connectivity index (χ2n) is 5.13. The van der Waals surface area contributed by atoms with Gasteiger partial charge < -0.3 is 15.0 Å². The van der Waals surface area contributed by atoms with Crippen LogP contribution in [0.1, 0.15) is 12.0 Å². The summed E-state index contributed by atoms with van der Waals surface area (Å²) in [7, 11) is 0. The molecule has 6 nitrogen and oxygen atoms in total. The lowest BCUT2D eigenvalue weighted by Crippen LogP contribution is -2.37. The minimum Gasteiger partial charge on any atom is -0.379 e. The number of hydrogen-bond donors (Lipinski definition) is 2. The predicted octanol–water partition coefficient (Wildman–Crippen LogP) is 1.57. The Morgan fingerprint density at radius 3 is 3.05 bits per heavy atom. The molecule has 0 atom stereocenters. The molecule has 0 bridgehead atoms. The average Bonchev–Trinajstić information content (AvgIpc) is 2.95. The van der Waals surface area contributed by atoms with Gasteiger partial charge in [-0.2, -0.15) is 5.26 Å². The summed E-state index contributed by atoms with van der Waals surface area (Å²) in [6.07, 6.45) is 1.06. The summed E-state index contributed by atoms with van der Waals surface area (Å²) >= 11 is 0. The topological polar surface area (TPSA) is 77.0 Å². The summed E-state index contributed by atoms with van der Waals surface area (Å²) in [5.41, 5.74) is 2.23. The van der Waals surface area contributed by atoms with Crippen molar-refractivity contribution < 1.29 is 4.74 Å². The van der Waals surface area contributed by atoms with Gasteiger partial charge in [0.05, 0.1) is 24.3 Å². The molecule has 2 heterocycles. The molecule has 0 unspecified atom stereocenters. The maximum atomic E-state index is 9.06.